The van der Waals surface area contributed by atoms with E-state index in [-0.39, 0.29) is 26.1 Å². The second-order valence-corrected chi connectivity index (χ2v) is 17.5. The van der Waals surface area contributed by atoms with E-state index in [0.29, 0.717) is 43.1 Å². The van der Waals surface area contributed by atoms with Gasteiger partial charge in [-0.05, 0) is 77.0 Å². The van der Waals surface area contributed by atoms with Crippen LogP contribution >= 0.6 is 7.82 Å². The molecule has 0 aliphatic carbocycles. The van der Waals surface area contributed by atoms with Crippen LogP contribution in [0.25, 0.3) is 0 Å². The van der Waals surface area contributed by atoms with Gasteiger partial charge in [0.1, 0.15) is 19.8 Å². The predicted molar refractivity (Wildman–Crippen MR) is 254 cm³/mol. The fourth-order valence-corrected chi connectivity index (χ4v) is 6.09. The highest BCUT2D eigenvalue weighted by atomic mass is 31.2. The number of phosphoric ester groups is 1. The van der Waals surface area contributed by atoms with Gasteiger partial charge in [-0.2, -0.15) is 0 Å². The summed E-state index contributed by atoms with van der Waals surface area (Å²) in [7, 11) is 1.33. The third-order valence-corrected chi connectivity index (χ3v) is 9.95. The second kappa shape index (κ2) is 40.4. The van der Waals surface area contributed by atoms with Crippen molar-refractivity contribution in [3.8, 4) is 0 Å². The molecule has 0 saturated carbocycles. The zero-order chi connectivity index (χ0) is 46.0. The standard InChI is InChI=1S/C50H82NO10P/c1-6-8-10-11-12-13-14-15-16-17-18-19-20-21-25-28-34-41-50(55)61-48(45-60-62(56,57)59-43-42-51(3,4)5)44-58-49(54)40-35-29-33-39-47(53)38-32-27-24-22-23-26-31-37-46(52)36-30-9-7-2/h9,12-13,15-16,18-19,23-24,26-27,30-33,37-39,46-48,52-53H,6-8,10-11,14,17,20-22,25,28-29,34-36,40-45H2,1-5H3/p+1/b13-12-,16-15-,19-18-,26-23-,27-24-,30-9-,37-31+,38-32+,39-33-/t46-,47-,48-/m1/s1. The molecule has 3 N–H and O–H groups in total. The van der Waals surface area contributed by atoms with Gasteiger partial charge >= 0.3 is 19.8 Å². The molecule has 0 bridgehead atoms. The number of ether oxygens (including phenoxy) is 2. The Hall–Kier alpha value is -3.41. The summed E-state index contributed by atoms with van der Waals surface area (Å²) in [6.07, 6.45) is 47.8. The lowest BCUT2D eigenvalue weighted by atomic mass is 10.1. The van der Waals surface area contributed by atoms with Crippen LogP contribution in [-0.2, 0) is 32.7 Å². The van der Waals surface area contributed by atoms with E-state index >= 15 is 0 Å². The molecule has 0 aliphatic heterocycles. The van der Waals surface area contributed by atoms with Crippen molar-refractivity contribution in [3.05, 3.63) is 109 Å². The summed E-state index contributed by atoms with van der Waals surface area (Å²) in [6, 6.07) is 0. The van der Waals surface area contributed by atoms with Crippen LogP contribution in [-0.4, -0.2) is 97.3 Å². The lowest BCUT2D eigenvalue weighted by molar-refractivity contribution is -0.870. The van der Waals surface area contributed by atoms with E-state index in [9.17, 15) is 29.3 Å². The number of carbonyl (C=O) groups excluding carboxylic acids is 2. The monoisotopic (exact) mass is 889 g/mol. The van der Waals surface area contributed by atoms with E-state index in [1.54, 1.807) is 30.4 Å². The topological polar surface area (TPSA) is 149 Å². The maximum atomic E-state index is 12.7. The van der Waals surface area contributed by atoms with E-state index in [2.05, 4.69) is 50.3 Å². The van der Waals surface area contributed by atoms with E-state index in [1.165, 1.54) is 19.3 Å². The van der Waals surface area contributed by atoms with Crippen molar-refractivity contribution in [3.63, 3.8) is 0 Å². The Labute approximate surface area is 375 Å². The number of unbranched alkanes of at least 4 members (excludes halogenated alkanes) is 8. The first-order valence-electron chi connectivity index (χ1n) is 22.8. The Morgan fingerprint density at radius 1 is 0.613 bits per heavy atom. The smallest absolute Gasteiger partial charge is 0.462 e. The second-order valence-electron chi connectivity index (χ2n) is 16.1. The van der Waals surface area contributed by atoms with Crippen molar-refractivity contribution < 1.29 is 52.3 Å². The minimum absolute atomic E-state index is 0.0128. The van der Waals surface area contributed by atoms with Gasteiger partial charge in [-0.15, -0.1) is 0 Å². The van der Waals surface area contributed by atoms with Crippen molar-refractivity contribution in [2.45, 2.75) is 148 Å². The highest BCUT2D eigenvalue weighted by Gasteiger charge is 2.27. The number of likely N-dealkylation sites (N-methyl/N-ethyl adjacent to an activating group) is 1. The molecule has 11 nitrogen and oxygen atoms in total. The molecule has 0 fully saturated rings. The van der Waals surface area contributed by atoms with Gasteiger partial charge in [-0.1, -0.05) is 149 Å². The summed E-state index contributed by atoms with van der Waals surface area (Å²) >= 11 is 0. The number of quaternary nitrogens is 1. The van der Waals surface area contributed by atoms with Crippen molar-refractivity contribution in [1.82, 2.24) is 0 Å². The molecular weight excluding hydrogens is 806 g/mol. The average Bonchev–Trinajstić information content (AvgIpc) is 3.21. The Kier molecular flexibility index (Phi) is 38.1. The quantitative estimate of drug-likeness (QED) is 0.0136. The molecule has 1 unspecified atom stereocenters. The zero-order valence-electron chi connectivity index (χ0n) is 38.8. The molecule has 352 valence electrons. The predicted octanol–water partition coefficient (Wildman–Crippen LogP) is 11.1. The van der Waals surface area contributed by atoms with Gasteiger partial charge < -0.3 is 29.1 Å². The number of allylic oxidation sites excluding steroid dienone is 14. The molecule has 0 aromatic heterocycles. The fourth-order valence-electron chi connectivity index (χ4n) is 5.35. The molecule has 4 atom stereocenters. The van der Waals surface area contributed by atoms with E-state index < -0.39 is 44.7 Å². The number of esters is 2. The van der Waals surface area contributed by atoms with E-state index in [0.717, 1.165) is 51.4 Å². The van der Waals surface area contributed by atoms with E-state index in [4.69, 9.17) is 18.5 Å². The minimum atomic E-state index is -4.44. The largest absolute Gasteiger partial charge is 0.472 e. The van der Waals surface area contributed by atoms with Gasteiger partial charge in [0.05, 0.1) is 40.0 Å². The van der Waals surface area contributed by atoms with Crippen LogP contribution < -0.4 is 0 Å². The first kappa shape index (κ1) is 58.6. The third-order valence-electron chi connectivity index (χ3n) is 8.96. The van der Waals surface area contributed by atoms with Crippen LogP contribution in [0.5, 0.6) is 0 Å². The van der Waals surface area contributed by atoms with Crippen LogP contribution in [0.3, 0.4) is 0 Å². The number of phosphoric acid groups is 1. The number of nitrogens with zero attached hydrogens (tertiary/aromatic N) is 1. The molecule has 0 aliphatic rings. The summed E-state index contributed by atoms with van der Waals surface area (Å²) in [5, 5.41) is 20.0. The summed E-state index contributed by atoms with van der Waals surface area (Å²) in [5.74, 6) is -1.02. The summed E-state index contributed by atoms with van der Waals surface area (Å²) in [5.41, 5.74) is 0. The number of aliphatic hydroxyl groups is 2. The molecular formula is C50H83NO10P+. The number of rotatable bonds is 39. The normalized spacial score (nSPS) is 15.5. The van der Waals surface area contributed by atoms with Crippen LogP contribution in [0.15, 0.2) is 109 Å². The summed E-state index contributed by atoms with van der Waals surface area (Å²) < 4.78 is 34.1. The SMILES string of the molecule is CC/C=C\C[C@@H](O)/C=C/C=C\C/C=C\C=C\[C@@H](O)/C=C\CCCC(=O)OC[C@H](COP(=O)(O)OCC[N+](C)(C)C)OC(=O)CCCCCC/C=C\C/C=C\C/C=C\CCCCC. The summed E-state index contributed by atoms with van der Waals surface area (Å²) in [4.78, 5) is 35.4. The Morgan fingerprint density at radius 2 is 1.21 bits per heavy atom. The Morgan fingerprint density at radius 3 is 1.87 bits per heavy atom. The van der Waals surface area contributed by atoms with Crippen LogP contribution in [0.4, 0.5) is 0 Å². The number of aliphatic hydroxyl groups excluding tert-OH is 2. The molecule has 62 heavy (non-hydrogen) atoms. The van der Waals surface area contributed by atoms with Crippen LogP contribution in [0, 0.1) is 0 Å². The molecule has 0 heterocycles. The van der Waals surface area contributed by atoms with Crippen molar-refractivity contribution in [2.75, 3.05) is 47.5 Å². The maximum absolute atomic E-state index is 12.7. The Balaban J connectivity index is 4.65. The first-order chi connectivity index (χ1) is 29.8. The molecule has 0 rings (SSSR count). The van der Waals surface area contributed by atoms with Crippen LogP contribution in [0.2, 0.25) is 0 Å². The van der Waals surface area contributed by atoms with Gasteiger partial charge in [0.15, 0.2) is 6.10 Å². The fraction of sp³-hybridized carbons (Fsp3) is 0.600. The van der Waals surface area contributed by atoms with Crippen LogP contribution in [0.1, 0.15) is 129 Å². The lowest BCUT2D eigenvalue weighted by Crippen LogP contribution is -2.37. The van der Waals surface area contributed by atoms with Gasteiger partial charge in [0, 0.05) is 12.8 Å². The van der Waals surface area contributed by atoms with Gasteiger partial charge in [-0.25, -0.2) is 4.57 Å². The molecule has 12 heteroatoms. The minimum Gasteiger partial charge on any atom is -0.462 e. The Bertz CT molecular complexity index is 1450. The molecule has 0 aromatic carbocycles. The van der Waals surface area contributed by atoms with Gasteiger partial charge in [0.25, 0.3) is 0 Å². The molecule has 0 aromatic rings. The number of carbonyl (C=O) groups is 2. The number of hydrogen-bond acceptors (Lipinski definition) is 9. The molecule has 0 saturated heterocycles. The average molecular weight is 889 g/mol. The van der Waals surface area contributed by atoms with E-state index in [1.807, 2.05) is 63.7 Å². The van der Waals surface area contributed by atoms with Gasteiger partial charge in [0.2, 0.25) is 0 Å². The number of hydrogen-bond donors (Lipinski definition) is 3. The first-order valence-corrected chi connectivity index (χ1v) is 24.3. The maximum Gasteiger partial charge on any atom is 0.472 e. The molecule has 0 spiro atoms. The lowest BCUT2D eigenvalue weighted by Gasteiger charge is -2.24. The zero-order valence-corrected chi connectivity index (χ0v) is 39.7. The summed E-state index contributed by atoms with van der Waals surface area (Å²) in [6.45, 7) is 3.92. The highest BCUT2D eigenvalue weighted by molar-refractivity contribution is 7.47. The highest BCUT2D eigenvalue weighted by Crippen LogP contribution is 2.43. The molecule has 0 radical (unpaired) electrons. The van der Waals surface area contributed by atoms with Crippen molar-refractivity contribution >= 4 is 19.8 Å². The molecule has 0 amide bonds. The third kappa shape index (κ3) is 43.2. The van der Waals surface area contributed by atoms with Crippen molar-refractivity contribution in [1.29, 1.82) is 0 Å². The van der Waals surface area contributed by atoms with Gasteiger partial charge in [-0.3, -0.25) is 18.6 Å². The van der Waals surface area contributed by atoms with Crippen molar-refractivity contribution in [2.24, 2.45) is 0 Å².